The molecule has 1 radical (unpaired) electrons. The van der Waals surface area contributed by atoms with Crippen LogP contribution in [-0.4, -0.2) is 11.7 Å². The fraction of sp³-hybridized carbons (Fsp3) is 0.154. The van der Waals surface area contributed by atoms with Crippen molar-refractivity contribution in [2.45, 2.75) is 6.92 Å². The Kier molecular flexibility index (Phi) is 5.10. The molecule has 0 amide bonds. The number of aliphatic imine (C=N–C) groups is 1. The summed E-state index contributed by atoms with van der Waals surface area (Å²) < 4.78 is 1.89. The average Bonchev–Trinajstić information content (AvgIpc) is 2.30. The van der Waals surface area contributed by atoms with E-state index in [2.05, 4.69) is 29.2 Å². The second-order valence-electron chi connectivity index (χ2n) is 3.61. The summed E-state index contributed by atoms with van der Waals surface area (Å²) in [6, 6.07) is 8.08. The number of hydrogen-bond acceptors (Lipinski definition) is 2. The van der Waals surface area contributed by atoms with Gasteiger partial charge in [-0.2, -0.15) is 6.72 Å². The van der Waals surface area contributed by atoms with Crippen LogP contribution in [0.1, 0.15) is 5.56 Å². The van der Waals surface area contributed by atoms with Crippen LogP contribution >= 0.6 is 0 Å². The van der Waals surface area contributed by atoms with Gasteiger partial charge in [0.2, 0.25) is 0 Å². The van der Waals surface area contributed by atoms with Gasteiger partial charge >= 0.3 is 0 Å². The molecule has 0 saturated heterocycles. The van der Waals surface area contributed by atoms with Crippen LogP contribution in [0.25, 0.3) is 11.3 Å². The second-order valence-corrected chi connectivity index (χ2v) is 3.61. The molecule has 0 aliphatic heterocycles. The van der Waals surface area contributed by atoms with Crippen LogP contribution in [0.15, 0.2) is 35.6 Å². The van der Waals surface area contributed by atoms with Gasteiger partial charge < -0.3 is 9.56 Å². The zero-order chi connectivity index (χ0) is 11.5. The molecule has 0 spiro atoms. The van der Waals surface area contributed by atoms with E-state index in [-0.39, 0.29) is 32.7 Å². The zero-order valence-electron chi connectivity index (χ0n) is 9.88. The Bertz CT molecular complexity index is 538. The molecular weight excluding hydrogens is 287 g/mol. The first-order valence-corrected chi connectivity index (χ1v) is 4.97. The fourth-order valence-corrected chi connectivity index (χ4v) is 1.70. The van der Waals surface area contributed by atoms with E-state index in [0.717, 1.165) is 11.3 Å². The predicted molar refractivity (Wildman–Crippen MR) is 62.6 cm³/mol. The third-order valence-electron chi connectivity index (χ3n) is 2.51. The number of nitrogens with zero attached hydrogens (tertiary/aromatic N) is 3. The molecule has 83 valence electrons. The molecule has 1 aromatic carbocycles. The number of rotatable bonds is 2. The van der Waals surface area contributed by atoms with Gasteiger partial charge in [0.1, 0.15) is 0 Å². The summed E-state index contributed by atoms with van der Waals surface area (Å²) in [6.07, 6.45) is 4.48. The van der Waals surface area contributed by atoms with Crippen molar-refractivity contribution in [3.63, 3.8) is 0 Å². The summed E-state index contributed by atoms with van der Waals surface area (Å²) in [7, 11) is 1.91. The van der Waals surface area contributed by atoms with Crippen molar-refractivity contribution in [1.82, 2.24) is 4.98 Å². The summed E-state index contributed by atoms with van der Waals surface area (Å²) in [5.41, 5.74) is 3.75. The molecule has 2 aromatic rings. The van der Waals surface area contributed by atoms with Crippen LogP contribution in [0, 0.1) is 13.1 Å². The molecule has 0 N–H and O–H groups in total. The molecule has 0 saturated carbocycles. The van der Waals surface area contributed by atoms with Crippen LogP contribution < -0.4 is 4.57 Å². The zero-order valence-corrected chi connectivity index (χ0v) is 12.7. The quantitative estimate of drug-likeness (QED) is 0.473. The first-order chi connectivity index (χ1) is 7.74. The monoisotopic (exact) mass is 299 g/mol. The van der Waals surface area contributed by atoms with E-state index >= 15 is 0 Å². The number of hydrogen-bond donors (Lipinski definition) is 0. The van der Waals surface area contributed by atoms with Gasteiger partial charge in [-0.15, -0.1) is 5.69 Å². The van der Waals surface area contributed by atoms with E-state index in [4.69, 9.17) is 6.72 Å². The van der Waals surface area contributed by atoms with Gasteiger partial charge in [0, 0.05) is 32.7 Å². The van der Waals surface area contributed by atoms with Gasteiger partial charge in [-0.05, 0) is 24.4 Å². The minimum Gasteiger partial charge on any atom is -0.478 e. The third kappa shape index (κ3) is 2.85. The molecule has 0 aliphatic carbocycles. The van der Waals surface area contributed by atoms with Crippen molar-refractivity contribution in [2.24, 2.45) is 12.0 Å². The number of benzene rings is 1. The molecular formula is C13H12N3Y-. The predicted octanol–water partition coefficient (Wildman–Crippen LogP) is 1.89. The Hall–Kier alpha value is -0.926. The van der Waals surface area contributed by atoms with Crippen LogP contribution in [0.5, 0.6) is 0 Å². The Morgan fingerprint density at radius 2 is 2.06 bits per heavy atom. The molecule has 1 aromatic heterocycles. The van der Waals surface area contributed by atoms with Gasteiger partial charge in [0.05, 0.1) is 7.05 Å². The van der Waals surface area contributed by atoms with Gasteiger partial charge in [-0.3, -0.25) is 0 Å². The molecule has 1 heterocycles. The van der Waals surface area contributed by atoms with E-state index in [9.17, 15) is 0 Å². The summed E-state index contributed by atoms with van der Waals surface area (Å²) in [5.74, 6) is 0. The maximum atomic E-state index is 5.35. The van der Waals surface area contributed by atoms with Crippen molar-refractivity contribution in [2.75, 3.05) is 0 Å². The summed E-state index contributed by atoms with van der Waals surface area (Å²) >= 11 is 0. The van der Waals surface area contributed by atoms with Crippen molar-refractivity contribution >= 4 is 12.4 Å². The first kappa shape index (κ1) is 14.1. The van der Waals surface area contributed by atoms with E-state index in [1.165, 1.54) is 5.56 Å². The summed E-state index contributed by atoms with van der Waals surface area (Å²) in [5, 5.41) is 0. The SMILES string of the molecule is [CH-]=Nc1[c-]nc[n+](C)c1-c1ccccc1C.[Y]. The maximum Gasteiger partial charge on any atom is 0.174 e. The topological polar surface area (TPSA) is 29.1 Å². The van der Waals surface area contributed by atoms with Crippen LogP contribution in [0.3, 0.4) is 0 Å². The normalized spacial score (nSPS) is 9.53. The Labute approximate surface area is 127 Å². The molecule has 17 heavy (non-hydrogen) atoms. The van der Waals surface area contributed by atoms with E-state index in [1.54, 1.807) is 6.33 Å². The molecule has 0 unspecified atom stereocenters. The second kappa shape index (κ2) is 6.13. The number of aryl methyl sites for hydroxylation is 2. The third-order valence-corrected chi connectivity index (χ3v) is 2.51. The van der Waals surface area contributed by atoms with Gasteiger partial charge in [0.25, 0.3) is 0 Å². The fourth-order valence-electron chi connectivity index (χ4n) is 1.70. The molecule has 0 bridgehead atoms. The van der Waals surface area contributed by atoms with Gasteiger partial charge in [-0.25, -0.2) is 4.98 Å². The maximum absolute atomic E-state index is 5.35. The van der Waals surface area contributed by atoms with Crippen LogP contribution in [0.2, 0.25) is 0 Å². The molecule has 2 rings (SSSR count). The largest absolute Gasteiger partial charge is 0.478 e. The smallest absolute Gasteiger partial charge is 0.174 e. The minimum absolute atomic E-state index is 0. The molecule has 0 fully saturated rings. The first-order valence-electron chi connectivity index (χ1n) is 4.97. The van der Waals surface area contributed by atoms with Crippen LogP contribution in [0.4, 0.5) is 5.69 Å². The van der Waals surface area contributed by atoms with Crippen molar-refractivity contribution in [1.29, 1.82) is 0 Å². The summed E-state index contributed by atoms with van der Waals surface area (Å²) in [4.78, 5) is 7.65. The van der Waals surface area contributed by atoms with E-state index in [0.29, 0.717) is 5.69 Å². The van der Waals surface area contributed by atoms with Gasteiger partial charge in [-0.1, -0.05) is 29.8 Å². The van der Waals surface area contributed by atoms with Crippen LogP contribution in [-0.2, 0) is 39.8 Å². The number of aromatic nitrogens is 2. The molecule has 3 nitrogen and oxygen atoms in total. The Morgan fingerprint density at radius 3 is 2.71 bits per heavy atom. The Morgan fingerprint density at radius 1 is 1.35 bits per heavy atom. The van der Waals surface area contributed by atoms with E-state index < -0.39 is 0 Å². The standard InChI is InChI=1S/C13H12N3.Y/c1-10-6-4-5-7-11(10)13-12(14-2)8-15-9-16(13)3;/h2,4-7,9H,1,3H3;/q-1;. The van der Waals surface area contributed by atoms with Crippen molar-refractivity contribution in [3.05, 3.63) is 42.4 Å². The summed E-state index contributed by atoms with van der Waals surface area (Å²) in [6.45, 7) is 7.40. The van der Waals surface area contributed by atoms with Crippen molar-refractivity contribution < 1.29 is 37.3 Å². The van der Waals surface area contributed by atoms with Crippen molar-refractivity contribution in [3.8, 4) is 11.3 Å². The van der Waals surface area contributed by atoms with Gasteiger partial charge in [0.15, 0.2) is 6.33 Å². The minimum atomic E-state index is 0. The molecule has 0 atom stereocenters. The molecule has 4 heteroatoms. The average molecular weight is 299 g/mol. The van der Waals surface area contributed by atoms with E-state index in [1.807, 2.05) is 29.8 Å². The molecule has 0 aliphatic rings. The Balaban J connectivity index is 0.00000144.